The second kappa shape index (κ2) is 11.9. The average Bonchev–Trinajstić information content (AvgIpc) is 3.02. The van der Waals surface area contributed by atoms with E-state index in [-0.39, 0.29) is 0 Å². The molecular formula is C40H33N. The summed E-state index contributed by atoms with van der Waals surface area (Å²) in [5.41, 5.74) is 13.2. The molecule has 41 heavy (non-hydrogen) atoms. The van der Waals surface area contributed by atoms with E-state index in [0.717, 1.165) is 17.1 Å². The van der Waals surface area contributed by atoms with Crippen LogP contribution in [0.25, 0.3) is 22.8 Å². The van der Waals surface area contributed by atoms with Gasteiger partial charge in [-0.15, -0.1) is 0 Å². The van der Waals surface area contributed by atoms with E-state index in [4.69, 9.17) is 0 Å². The molecule has 0 heterocycles. The fraction of sp³-hybridized carbons (Fsp3) is 0.0500. The summed E-state index contributed by atoms with van der Waals surface area (Å²) in [6, 6.07) is 56.3. The molecule has 0 atom stereocenters. The second-order valence-electron chi connectivity index (χ2n) is 10.5. The van der Waals surface area contributed by atoms with Gasteiger partial charge in [0.2, 0.25) is 0 Å². The van der Waals surface area contributed by atoms with E-state index in [1.54, 1.807) is 0 Å². The fourth-order valence-electron chi connectivity index (χ4n) is 5.29. The molecule has 198 valence electrons. The summed E-state index contributed by atoms with van der Waals surface area (Å²) in [7, 11) is 0. The van der Waals surface area contributed by atoms with Crippen LogP contribution in [-0.2, 0) is 0 Å². The monoisotopic (exact) mass is 527 g/mol. The minimum absolute atomic E-state index is 1.14. The molecule has 0 unspecified atom stereocenters. The predicted octanol–water partition coefficient (Wildman–Crippen LogP) is 11.0. The van der Waals surface area contributed by atoms with Crippen molar-refractivity contribution in [2.45, 2.75) is 13.8 Å². The topological polar surface area (TPSA) is 3.24 Å². The minimum atomic E-state index is 1.14. The highest BCUT2D eigenvalue weighted by Crippen LogP contribution is 2.36. The lowest BCUT2D eigenvalue weighted by Crippen LogP contribution is -2.10. The molecule has 0 aliphatic carbocycles. The number of hydrogen-bond donors (Lipinski definition) is 0. The van der Waals surface area contributed by atoms with Crippen molar-refractivity contribution in [2.75, 3.05) is 4.90 Å². The van der Waals surface area contributed by atoms with Crippen LogP contribution >= 0.6 is 0 Å². The predicted molar refractivity (Wildman–Crippen MR) is 176 cm³/mol. The quantitative estimate of drug-likeness (QED) is 0.187. The van der Waals surface area contributed by atoms with Crippen molar-refractivity contribution in [3.8, 4) is 11.1 Å². The molecule has 6 aromatic rings. The van der Waals surface area contributed by atoms with Gasteiger partial charge in [0.15, 0.2) is 0 Å². The van der Waals surface area contributed by atoms with Crippen LogP contribution in [0, 0.1) is 13.8 Å². The largest absolute Gasteiger partial charge is 0.310 e. The zero-order chi connectivity index (χ0) is 28.0. The van der Waals surface area contributed by atoms with E-state index in [9.17, 15) is 0 Å². The first kappa shape index (κ1) is 26.1. The van der Waals surface area contributed by atoms with Crippen LogP contribution < -0.4 is 4.90 Å². The number of aryl methyl sites for hydroxylation is 2. The van der Waals surface area contributed by atoms with Gasteiger partial charge in [-0.1, -0.05) is 121 Å². The molecule has 0 saturated carbocycles. The minimum Gasteiger partial charge on any atom is -0.310 e. The highest BCUT2D eigenvalue weighted by Gasteiger charge is 2.13. The molecule has 0 N–H and O–H groups in total. The fourth-order valence-corrected chi connectivity index (χ4v) is 5.29. The summed E-state index contributed by atoms with van der Waals surface area (Å²) in [6.45, 7) is 4.28. The lowest BCUT2D eigenvalue weighted by Gasteiger charge is -2.26. The maximum atomic E-state index is 2.33. The standard InChI is InChI=1S/C40H33N/c1-30-11-9-17-38(27-30)41(39-18-10-12-31(2)28-39)37-25-23-34(24-26-37)33-19-21-36(22-20-33)40(35-15-7-4-8-16-35)29-32-13-5-3-6-14-32/h3-29H,1-2H3/b40-29+. The molecule has 1 heteroatoms. The Bertz CT molecular complexity index is 1720. The summed E-state index contributed by atoms with van der Waals surface area (Å²) in [6.07, 6.45) is 2.27. The van der Waals surface area contributed by atoms with Crippen LogP contribution in [0.3, 0.4) is 0 Å². The van der Waals surface area contributed by atoms with Crippen LogP contribution in [0.4, 0.5) is 17.1 Å². The van der Waals surface area contributed by atoms with Crippen LogP contribution in [0.2, 0.25) is 0 Å². The zero-order valence-corrected chi connectivity index (χ0v) is 23.5. The molecule has 0 aliphatic heterocycles. The van der Waals surface area contributed by atoms with E-state index < -0.39 is 0 Å². The Balaban J connectivity index is 1.32. The van der Waals surface area contributed by atoms with Gasteiger partial charge >= 0.3 is 0 Å². The van der Waals surface area contributed by atoms with Gasteiger partial charge in [0.25, 0.3) is 0 Å². The maximum Gasteiger partial charge on any atom is 0.0464 e. The Labute approximate surface area is 243 Å². The summed E-state index contributed by atoms with van der Waals surface area (Å²) >= 11 is 0. The number of nitrogens with zero attached hydrogens (tertiary/aromatic N) is 1. The van der Waals surface area contributed by atoms with Gasteiger partial charge in [-0.3, -0.25) is 0 Å². The van der Waals surface area contributed by atoms with Crippen molar-refractivity contribution < 1.29 is 0 Å². The Morgan fingerprint density at radius 3 is 1.46 bits per heavy atom. The van der Waals surface area contributed by atoms with Gasteiger partial charge in [-0.2, -0.15) is 0 Å². The van der Waals surface area contributed by atoms with Crippen molar-refractivity contribution in [2.24, 2.45) is 0 Å². The third kappa shape index (κ3) is 6.05. The van der Waals surface area contributed by atoms with Crippen molar-refractivity contribution in [1.82, 2.24) is 0 Å². The van der Waals surface area contributed by atoms with Gasteiger partial charge in [-0.25, -0.2) is 0 Å². The molecule has 0 aliphatic rings. The molecular weight excluding hydrogens is 494 g/mol. The molecule has 0 radical (unpaired) electrons. The number of rotatable bonds is 7. The summed E-state index contributed by atoms with van der Waals surface area (Å²) < 4.78 is 0. The normalized spacial score (nSPS) is 11.3. The van der Waals surface area contributed by atoms with E-state index in [1.807, 2.05) is 0 Å². The number of benzene rings is 6. The maximum absolute atomic E-state index is 2.33. The summed E-state index contributed by atoms with van der Waals surface area (Å²) in [5, 5.41) is 0. The van der Waals surface area contributed by atoms with E-state index in [0.29, 0.717) is 0 Å². The van der Waals surface area contributed by atoms with Crippen LogP contribution in [0.1, 0.15) is 27.8 Å². The highest BCUT2D eigenvalue weighted by atomic mass is 15.1. The summed E-state index contributed by atoms with van der Waals surface area (Å²) in [4.78, 5) is 2.33. The zero-order valence-electron chi connectivity index (χ0n) is 23.5. The van der Waals surface area contributed by atoms with Crippen LogP contribution in [0.5, 0.6) is 0 Å². The molecule has 0 bridgehead atoms. The summed E-state index contributed by atoms with van der Waals surface area (Å²) in [5.74, 6) is 0. The van der Waals surface area contributed by atoms with Crippen molar-refractivity contribution in [3.63, 3.8) is 0 Å². The Morgan fingerprint density at radius 2 is 0.927 bits per heavy atom. The van der Waals surface area contributed by atoms with Gasteiger partial charge < -0.3 is 4.90 Å². The smallest absolute Gasteiger partial charge is 0.0464 e. The number of hydrogen-bond acceptors (Lipinski definition) is 1. The lowest BCUT2D eigenvalue weighted by molar-refractivity contribution is 1.26. The molecule has 6 aromatic carbocycles. The van der Waals surface area contributed by atoms with Crippen molar-refractivity contribution in [1.29, 1.82) is 0 Å². The van der Waals surface area contributed by atoms with Gasteiger partial charge in [0.1, 0.15) is 0 Å². The number of anilines is 3. The van der Waals surface area contributed by atoms with Crippen LogP contribution in [0.15, 0.2) is 158 Å². The Kier molecular flexibility index (Phi) is 7.60. The first-order chi connectivity index (χ1) is 20.1. The van der Waals surface area contributed by atoms with E-state index >= 15 is 0 Å². The van der Waals surface area contributed by atoms with Gasteiger partial charge in [-0.05, 0) is 101 Å². The lowest BCUT2D eigenvalue weighted by atomic mass is 9.94. The first-order valence-corrected chi connectivity index (χ1v) is 14.1. The van der Waals surface area contributed by atoms with E-state index in [2.05, 4.69) is 183 Å². The van der Waals surface area contributed by atoms with Gasteiger partial charge in [0, 0.05) is 17.1 Å². The third-order valence-electron chi connectivity index (χ3n) is 7.37. The Morgan fingerprint density at radius 1 is 0.439 bits per heavy atom. The van der Waals surface area contributed by atoms with E-state index in [1.165, 1.54) is 44.5 Å². The Hall–Kier alpha value is -5.14. The molecule has 0 fully saturated rings. The van der Waals surface area contributed by atoms with Crippen molar-refractivity contribution >= 4 is 28.7 Å². The van der Waals surface area contributed by atoms with Crippen molar-refractivity contribution in [3.05, 3.63) is 186 Å². The molecule has 0 saturated heterocycles. The molecule has 0 spiro atoms. The van der Waals surface area contributed by atoms with Crippen LogP contribution in [-0.4, -0.2) is 0 Å². The highest BCUT2D eigenvalue weighted by molar-refractivity contribution is 5.92. The molecule has 6 rings (SSSR count). The second-order valence-corrected chi connectivity index (χ2v) is 10.5. The third-order valence-corrected chi connectivity index (χ3v) is 7.37. The first-order valence-electron chi connectivity index (χ1n) is 14.1. The molecule has 0 aromatic heterocycles. The molecule has 1 nitrogen and oxygen atoms in total. The average molecular weight is 528 g/mol. The van der Waals surface area contributed by atoms with Gasteiger partial charge in [0.05, 0.1) is 0 Å². The SMILES string of the molecule is Cc1cccc(N(c2ccc(-c3ccc(/C(=C/c4ccccc4)c4ccccc4)cc3)cc2)c2cccc(C)c2)c1. The molecule has 0 amide bonds.